The predicted octanol–water partition coefficient (Wildman–Crippen LogP) is 2.35. The molecule has 8 heteroatoms. The lowest BCUT2D eigenvalue weighted by Gasteiger charge is -2.26. The fraction of sp³-hybridized carbons (Fsp3) is 0.500. The number of fused-ring (bicyclic) bond motifs is 1. The molecular formula is C22H29N5O3. The quantitative estimate of drug-likeness (QED) is 0.748. The molecule has 0 spiro atoms. The van der Waals surface area contributed by atoms with E-state index in [0.29, 0.717) is 42.6 Å². The Kier molecular flexibility index (Phi) is 5.76. The van der Waals surface area contributed by atoms with E-state index in [4.69, 9.17) is 19.4 Å². The second-order valence-electron chi connectivity index (χ2n) is 8.22. The van der Waals surface area contributed by atoms with Gasteiger partial charge in [0, 0.05) is 38.8 Å². The number of carbonyl (C=O) groups excluding carboxylic acids is 1. The van der Waals surface area contributed by atoms with Crippen molar-refractivity contribution in [3.8, 4) is 11.5 Å². The zero-order valence-corrected chi connectivity index (χ0v) is 18.1. The van der Waals surface area contributed by atoms with Crippen LogP contribution in [0.15, 0.2) is 24.3 Å². The van der Waals surface area contributed by atoms with Crippen LogP contribution < -0.4 is 14.4 Å². The lowest BCUT2D eigenvalue weighted by molar-refractivity contribution is 0.0728. The topological polar surface area (TPSA) is 71.0 Å². The summed E-state index contributed by atoms with van der Waals surface area (Å²) in [6, 6.07) is 7.27. The van der Waals surface area contributed by atoms with Crippen LogP contribution in [0.5, 0.6) is 11.5 Å². The fourth-order valence-electron chi connectivity index (χ4n) is 3.91. The Labute approximate surface area is 177 Å². The molecule has 1 aromatic heterocycles. The summed E-state index contributed by atoms with van der Waals surface area (Å²) in [4.78, 5) is 28.9. The van der Waals surface area contributed by atoms with Gasteiger partial charge in [0.25, 0.3) is 5.91 Å². The number of carbonyl (C=O) groups is 1. The van der Waals surface area contributed by atoms with Gasteiger partial charge in [-0.15, -0.1) is 0 Å². The van der Waals surface area contributed by atoms with Gasteiger partial charge in [-0.05, 0) is 45.1 Å². The molecule has 30 heavy (non-hydrogen) atoms. The highest BCUT2D eigenvalue weighted by molar-refractivity contribution is 5.95. The summed E-state index contributed by atoms with van der Waals surface area (Å²) in [5.41, 5.74) is 1.55. The van der Waals surface area contributed by atoms with E-state index in [0.717, 1.165) is 30.9 Å². The van der Waals surface area contributed by atoms with Crippen LogP contribution in [0.2, 0.25) is 0 Å². The van der Waals surface area contributed by atoms with Crippen LogP contribution in [0.4, 0.5) is 5.82 Å². The molecule has 4 rings (SSSR count). The lowest BCUT2D eigenvalue weighted by atomic mass is 10.1. The smallest absolute Gasteiger partial charge is 0.254 e. The van der Waals surface area contributed by atoms with Crippen LogP contribution in [0.3, 0.4) is 0 Å². The standard InChI is InChI=1S/C22H29N5O3/c1-25(2)14-16-13-20(26(3)4)24-21(23-16)17-6-5-9-27(17)22(28)15-7-8-18-19(12-15)30-11-10-29-18/h7-8,12-13,17H,5-6,9-11,14H2,1-4H3/t17-/m0/s1. The van der Waals surface area contributed by atoms with Gasteiger partial charge in [0.1, 0.15) is 19.0 Å². The first-order valence-electron chi connectivity index (χ1n) is 10.3. The van der Waals surface area contributed by atoms with Crippen LogP contribution in [-0.4, -0.2) is 73.6 Å². The van der Waals surface area contributed by atoms with E-state index in [-0.39, 0.29) is 11.9 Å². The first-order valence-corrected chi connectivity index (χ1v) is 10.3. The Balaban J connectivity index is 1.63. The molecule has 1 amide bonds. The summed E-state index contributed by atoms with van der Waals surface area (Å²) in [7, 11) is 7.98. The maximum atomic E-state index is 13.4. The first kappa shape index (κ1) is 20.4. The van der Waals surface area contributed by atoms with E-state index < -0.39 is 0 Å². The summed E-state index contributed by atoms with van der Waals surface area (Å²) >= 11 is 0. The van der Waals surface area contributed by atoms with Gasteiger partial charge in [0.2, 0.25) is 0 Å². The van der Waals surface area contributed by atoms with Gasteiger partial charge in [0.15, 0.2) is 17.3 Å². The molecule has 2 aliphatic rings. The van der Waals surface area contributed by atoms with E-state index in [9.17, 15) is 4.79 Å². The van der Waals surface area contributed by atoms with Crippen molar-refractivity contribution in [2.75, 3.05) is 52.8 Å². The highest BCUT2D eigenvalue weighted by Gasteiger charge is 2.33. The van der Waals surface area contributed by atoms with Crippen molar-refractivity contribution >= 4 is 11.7 Å². The molecule has 1 fully saturated rings. The fourth-order valence-corrected chi connectivity index (χ4v) is 3.91. The van der Waals surface area contributed by atoms with Gasteiger partial charge in [-0.3, -0.25) is 4.79 Å². The number of aromatic nitrogens is 2. The summed E-state index contributed by atoms with van der Waals surface area (Å²) in [5.74, 6) is 2.85. The zero-order chi connectivity index (χ0) is 21.3. The molecule has 1 atom stereocenters. The van der Waals surface area contributed by atoms with Gasteiger partial charge in [-0.1, -0.05) is 0 Å². The minimum Gasteiger partial charge on any atom is -0.486 e. The average Bonchev–Trinajstić information content (AvgIpc) is 3.22. The second kappa shape index (κ2) is 8.47. The molecule has 0 bridgehead atoms. The highest BCUT2D eigenvalue weighted by Crippen LogP contribution is 2.35. The number of benzene rings is 1. The van der Waals surface area contributed by atoms with E-state index >= 15 is 0 Å². The number of hydrogen-bond acceptors (Lipinski definition) is 7. The van der Waals surface area contributed by atoms with Crippen LogP contribution in [0.1, 0.15) is 40.8 Å². The van der Waals surface area contributed by atoms with Gasteiger partial charge >= 0.3 is 0 Å². The second-order valence-corrected chi connectivity index (χ2v) is 8.22. The predicted molar refractivity (Wildman–Crippen MR) is 114 cm³/mol. The van der Waals surface area contributed by atoms with Gasteiger partial charge in [-0.25, -0.2) is 9.97 Å². The molecule has 1 aromatic carbocycles. The molecule has 160 valence electrons. The van der Waals surface area contributed by atoms with E-state index in [1.807, 2.05) is 50.1 Å². The summed E-state index contributed by atoms with van der Waals surface area (Å²) in [6.45, 7) is 2.44. The molecule has 0 unspecified atom stereocenters. The van der Waals surface area contributed by atoms with Gasteiger partial charge in [0.05, 0.1) is 11.7 Å². The molecule has 2 aliphatic heterocycles. The number of likely N-dealkylation sites (tertiary alicyclic amines) is 1. The Hall–Kier alpha value is -2.87. The summed E-state index contributed by atoms with van der Waals surface area (Å²) < 4.78 is 11.2. The maximum Gasteiger partial charge on any atom is 0.254 e. The molecule has 0 saturated carbocycles. The Bertz CT molecular complexity index is 931. The number of hydrogen-bond donors (Lipinski definition) is 0. The summed E-state index contributed by atoms with van der Waals surface area (Å²) in [6.07, 6.45) is 1.79. The van der Waals surface area contributed by atoms with E-state index in [1.54, 1.807) is 12.1 Å². The third kappa shape index (κ3) is 4.18. The maximum absolute atomic E-state index is 13.4. The third-order valence-corrected chi connectivity index (χ3v) is 5.32. The third-order valence-electron chi connectivity index (χ3n) is 5.32. The zero-order valence-electron chi connectivity index (χ0n) is 18.1. The van der Waals surface area contributed by atoms with Gasteiger partial charge in [-0.2, -0.15) is 0 Å². The monoisotopic (exact) mass is 411 g/mol. The van der Waals surface area contributed by atoms with Crippen molar-refractivity contribution < 1.29 is 14.3 Å². The molecule has 1 saturated heterocycles. The Morgan fingerprint density at radius 2 is 1.87 bits per heavy atom. The van der Waals surface area contributed by atoms with Crippen LogP contribution in [0, 0.1) is 0 Å². The largest absolute Gasteiger partial charge is 0.486 e. The SMILES string of the molecule is CN(C)Cc1cc(N(C)C)nc([C@@H]2CCCN2C(=O)c2ccc3c(c2)OCCO3)n1. The van der Waals surface area contributed by atoms with Crippen LogP contribution in [0.25, 0.3) is 0 Å². The molecular weight excluding hydrogens is 382 g/mol. The number of anilines is 1. The van der Waals surface area contributed by atoms with Crippen molar-refractivity contribution in [2.45, 2.75) is 25.4 Å². The Morgan fingerprint density at radius 3 is 2.60 bits per heavy atom. The van der Waals surface area contributed by atoms with Crippen molar-refractivity contribution in [1.29, 1.82) is 0 Å². The lowest BCUT2D eigenvalue weighted by Crippen LogP contribution is -2.32. The van der Waals surface area contributed by atoms with E-state index in [2.05, 4.69) is 4.90 Å². The van der Waals surface area contributed by atoms with E-state index in [1.165, 1.54) is 0 Å². The molecule has 8 nitrogen and oxygen atoms in total. The van der Waals surface area contributed by atoms with Crippen molar-refractivity contribution in [3.05, 3.63) is 41.3 Å². The minimum atomic E-state index is -0.133. The molecule has 0 aliphatic carbocycles. The summed E-state index contributed by atoms with van der Waals surface area (Å²) in [5, 5.41) is 0. The minimum absolute atomic E-state index is 0.0255. The highest BCUT2D eigenvalue weighted by atomic mass is 16.6. The number of ether oxygens (including phenoxy) is 2. The average molecular weight is 412 g/mol. The van der Waals surface area contributed by atoms with Gasteiger partial charge < -0.3 is 24.2 Å². The molecule has 3 heterocycles. The van der Waals surface area contributed by atoms with Crippen molar-refractivity contribution in [2.24, 2.45) is 0 Å². The number of nitrogens with zero attached hydrogens (tertiary/aromatic N) is 5. The molecule has 2 aromatic rings. The molecule has 0 radical (unpaired) electrons. The van der Waals surface area contributed by atoms with Crippen molar-refractivity contribution in [3.63, 3.8) is 0 Å². The first-order chi connectivity index (χ1) is 14.4. The Morgan fingerprint density at radius 1 is 1.10 bits per heavy atom. The number of rotatable bonds is 5. The number of amides is 1. The van der Waals surface area contributed by atoms with Crippen molar-refractivity contribution in [1.82, 2.24) is 19.8 Å². The normalized spacial score (nSPS) is 18.0. The van der Waals surface area contributed by atoms with Crippen LogP contribution >= 0.6 is 0 Å². The molecule has 0 N–H and O–H groups in total. The van der Waals surface area contributed by atoms with Crippen LogP contribution in [-0.2, 0) is 6.54 Å².